The molecule has 2 saturated heterocycles. The fraction of sp³-hybridized carbons (Fsp3) is 0.474. The number of halogens is 3. The van der Waals surface area contributed by atoms with E-state index in [1.54, 1.807) is 0 Å². The van der Waals surface area contributed by atoms with Crippen molar-refractivity contribution in [2.75, 3.05) is 62.3 Å². The van der Waals surface area contributed by atoms with Crippen LogP contribution < -0.4 is 9.80 Å². The Bertz CT molecular complexity index is 986. The predicted octanol–water partition coefficient (Wildman–Crippen LogP) is 1.84. The molecule has 0 radical (unpaired) electrons. The molecular weight excluding hydrogens is 435 g/mol. The Kier molecular flexibility index (Phi) is 6.04. The summed E-state index contributed by atoms with van der Waals surface area (Å²) in [5.41, 5.74) is -0.879. The molecule has 0 N–H and O–H groups in total. The molecule has 2 fully saturated rings. The zero-order chi connectivity index (χ0) is 22.1. The van der Waals surface area contributed by atoms with E-state index >= 15 is 0 Å². The topological polar surface area (TPSA) is 78.9 Å². The minimum atomic E-state index is -4.51. The van der Waals surface area contributed by atoms with Crippen LogP contribution in [0, 0.1) is 0 Å². The highest BCUT2D eigenvalue weighted by molar-refractivity contribution is 7.89. The van der Waals surface area contributed by atoms with Crippen molar-refractivity contribution in [3.63, 3.8) is 0 Å². The van der Waals surface area contributed by atoms with Gasteiger partial charge in [-0.15, -0.1) is 10.2 Å². The van der Waals surface area contributed by atoms with E-state index in [0.717, 1.165) is 43.2 Å². The number of aromatic nitrogens is 2. The summed E-state index contributed by atoms with van der Waals surface area (Å²) in [6, 6.07) is 7.32. The molecule has 1 aromatic heterocycles. The quantitative estimate of drug-likeness (QED) is 0.693. The lowest BCUT2D eigenvalue weighted by molar-refractivity contribution is -0.137. The first kappa shape index (κ1) is 21.8. The molecule has 0 saturated carbocycles. The van der Waals surface area contributed by atoms with Gasteiger partial charge >= 0.3 is 6.18 Å². The minimum absolute atomic E-state index is 0.149. The zero-order valence-corrected chi connectivity index (χ0v) is 17.4. The van der Waals surface area contributed by atoms with Crippen LogP contribution in [0.15, 0.2) is 41.3 Å². The van der Waals surface area contributed by atoms with E-state index in [-0.39, 0.29) is 18.0 Å². The normalized spacial score (nSPS) is 18.9. The number of morpholine rings is 1. The molecule has 4 rings (SSSR count). The first-order valence-electron chi connectivity index (χ1n) is 9.84. The van der Waals surface area contributed by atoms with E-state index in [1.165, 1.54) is 4.31 Å². The van der Waals surface area contributed by atoms with E-state index in [1.807, 2.05) is 17.0 Å². The molecule has 31 heavy (non-hydrogen) atoms. The Morgan fingerprint density at radius 3 is 1.77 bits per heavy atom. The second kappa shape index (κ2) is 8.60. The van der Waals surface area contributed by atoms with Gasteiger partial charge in [-0.1, -0.05) is 0 Å². The summed E-state index contributed by atoms with van der Waals surface area (Å²) in [4.78, 5) is 3.88. The smallest absolute Gasteiger partial charge is 0.378 e. The summed E-state index contributed by atoms with van der Waals surface area (Å²) in [5, 5.41) is 8.55. The van der Waals surface area contributed by atoms with Crippen molar-refractivity contribution in [2.24, 2.45) is 0 Å². The van der Waals surface area contributed by atoms with Crippen molar-refractivity contribution in [1.82, 2.24) is 14.5 Å². The number of anilines is 2. The van der Waals surface area contributed by atoms with Crippen LogP contribution in [0.2, 0.25) is 0 Å². The molecule has 1 aromatic carbocycles. The molecule has 12 heteroatoms. The van der Waals surface area contributed by atoms with Gasteiger partial charge in [-0.3, -0.25) is 0 Å². The first-order valence-corrected chi connectivity index (χ1v) is 11.3. The lowest BCUT2D eigenvalue weighted by Crippen LogP contribution is -2.49. The lowest BCUT2D eigenvalue weighted by atomic mass is 10.2. The number of benzene rings is 1. The lowest BCUT2D eigenvalue weighted by Gasteiger charge is -2.34. The van der Waals surface area contributed by atoms with Crippen LogP contribution in [-0.2, 0) is 20.9 Å². The molecule has 0 bridgehead atoms. The van der Waals surface area contributed by atoms with Crippen molar-refractivity contribution < 1.29 is 26.3 Å². The van der Waals surface area contributed by atoms with Crippen molar-refractivity contribution in [2.45, 2.75) is 11.1 Å². The molecule has 8 nitrogen and oxygen atoms in total. The zero-order valence-electron chi connectivity index (χ0n) is 16.6. The number of alkyl halides is 3. The third-order valence-electron chi connectivity index (χ3n) is 5.35. The van der Waals surface area contributed by atoms with Crippen molar-refractivity contribution >= 4 is 21.7 Å². The Hall–Kier alpha value is -2.44. The highest BCUT2D eigenvalue weighted by Gasteiger charge is 2.32. The number of nitrogens with zero attached hydrogens (tertiary/aromatic N) is 5. The summed E-state index contributed by atoms with van der Waals surface area (Å²) >= 11 is 0. The van der Waals surface area contributed by atoms with Crippen molar-refractivity contribution in [3.05, 3.63) is 42.0 Å². The molecule has 0 unspecified atom stereocenters. The van der Waals surface area contributed by atoms with Crippen LogP contribution in [0.3, 0.4) is 0 Å². The van der Waals surface area contributed by atoms with Crippen molar-refractivity contribution in [3.8, 4) is 0 Å². The molecule has 0 atom stereocenters. The molecule has 2 aliphatic heterocycles. The van der Waals surface area contributed by atoms with E-state index in [0.29, 0.717) is 32.1 Å². The standard InChI is InChI=1S/C19H22F3N5O3S/c20-19(21,22)15-1-3-16(4-2-15)31(28,29)27-9-7-25(8-10-27)17-5-6-18(24-23-17)26-11-13-30-14-12-26/h1-6H,7-14H2. The minimum Gasteiger partial charge on any atom is -0.378 e. The number of ether oxygens (including phenoxy) is 1. The van der Waals surface area contributed by atoms with E-state index < -0.39 is 21.8 Å². The number of hydrogen-bond donors (Lipinski definition) is 0. The van der Waals surface area contributed by atoms with E-state index in [4.69, 9.17) is 4.74 Å². The highest BCUT2D eigenvalue weighted by Crippen LogP contribution is 2.30. The van der Waals surface area contributed by atoms with Gasteiger partial charge in [0, 0.05) is 39.3 Å². The SMILES string of the molecule is O=S(=O)(c1ccc(C(F)(F)F)cc1)N1CCN(c2ccc(N3CCOCC3)nn2)CC1. The molecular formula is C19H22F3N5O3S. The second-order valence-electron chi connectivity index (χ2n) is 7.26. The van der Waals surface area contributed by atoms with Crippen LogP contribution in [-0.4, -0.2) is 75.4 Å². The van der Waals surface area contributed by atoms with Crippen LogP contribution in [0.4, 0.5) is 24.8 Å². The summed E-state index contributed by atoms with van der Waals surface area (Å²) in [6.45, 7) is 4.05. The second-order valence-corrected chi connectivity index (χ2v) is 9.20. The number of sulfonamides is 1. The Morgan fingerprint density at radius 1 is 0.774 bits per heavy atom. The number of rotatable bonds is 4. The van der Waals surface area contributed by atoms with E-state index in [9.17, 15) is 21.6 Å². The summed E-state index contributed by atoms with van der Waals surface area (Å²) in [6.07, 6.45) is -4.51. The van der Waals surface area contributed by atoms with Crippen molar-refractivity contribution in [1.29, 1.82) is 0 Å². The maximum absolute atomic E-state index is 12.8. The summed E-state index contributed by atoms with van der Waals surface area (Å²) < 4.78 is 70.4. The van der Waals surface area contributed by atoms with Gasteiger partial charge in [-0.25, -0.2) is 8.42 Å². The van der Waals surface area contributed by atoms with Gasteiger partial charge in [0.25, 0.3) is 0 Å². The number of hydrogen-bond acceptors (Lipinski definition) is 7. The molecule has 168 valence electrons. The largest absolute Gasteiger partial charge is 0.416 e. The maximum atomic E-state index is 12.8. The average molecular weight is 457 g/mol. The fourth-order valence-electron chi connectivity index (χ4n) is 3.57. The highest BCUT2D eigenvalue weighted by atomic mass is 32.2. The van der Waals surface area contributed by atoms with Gasteiger partial charge in [0.05, 0.1) is 23.7 Å². The molecule has 0 aliphatic carbocycles. The van der Waals surface area contributed by atoms with Crippen LogP contribution in [0.1, 0.15) is 5.56 Å². The van der Waals surface area contributed by atoms with Crippen LogP contribution in [0.25, 0.3) is 0 Å². The Morgan fingerprint density at radius 2 is 1.29 bits per heavy atom. The summed E-state index contributed by atoms with van der Waals surface area (Å²) in [7, 11) is -3.87. The van der Waals surface area contributed by atoms with Gasteiger partial charge in [-0.2, -0.15) is 17.5 Å². The van der Waals surface area contributed by atoms with Gasteiger partial charge in [0.15, 0.2) is 11.6 Å². The molecule has 3 heterocycles. The average Bonchev–Trinajstić information content (AvgIpc) is 2.79. The molecule has 2 aromatic rings. The monoisotopic (exact) mass is 457 g/mol. The number of piperazine rings is 1. The fourth-order valence-corrected chi connectivity index (χ4v) is 4.99. The Balaban J connectivity index is 1.38. The molecule has 0 amide bonds. The van der Waals surface area contributed by atoms with Gasteiger partial charge in [-0.05, 0) is 36.4 Å². The molecule has 2 aliphatic rings. The predicted molar refractivity (Wildman–Crippen MR) is 107 cm³/mol. The third-order valence-corrected chi connectivity index (χ3v) is 7.27. The van der Waals surface area contributed by atoms with Crippen LogP contribution >= 0.6 is 0 Å². The van der Waals surface area contributed by atoms with Gasteiger partial charge in [0.1, 0.15) is 0 Å². The van der Waals surface area contributed by atoms with Gasteiger partial charge in [0.2, 0.25) is 10.0 Å². The third kappa shape index (κ3) is 4.75. The molecule has 0 spiro atoms. The van der Waals surface area contributed by atoms with Gasteiger partial charge < -0.3 is 14.5 Å². The first-order chi connectivity index (χ1) is 14.7. The Labute approximate surface area is 178 Å². The van der Waals surface area contributed by atoms with E-state index in [2.05, 4.69) is 15.1 Å². The maximum Gasteiger partial charge on any atom is 0.416 e. The summed E-state index contributed by atoms with van der Waals surface area (Å²) in [5.74, 6) is 1.43. The van der Waals surface area contributed by atoms with Crippen LogP contribution in [0.5, 0.6) is 0 Å².